The van der Waals surface area contributed by atoms with Crippen molar-refractivity contribution in [2.24, 2.45) is 16.6 Å². The molecule has 1 fully saturated rings. The second kappa shape index (κ2) is 4.49. The summed E-state index contributed by atoms with van der Waals surface area (Å²) in [6, 6.07) is -0.356. The van der Waals surface area contributed by atoms with Gasteiger partial charge in [0.25, 0.3) is 0 Å². The minimum Gasteiger partial charge on any atom is -0.378 e. The lowest BCUT2D eigenvalue weighted by Gasteiger charge is -2.59. The molecule has 3 atom stereocenters. The van der Waals surface area contributed by atoms with E-state index in [1.54, 1.807) is 7.11 Å². The summed E-state index contributed by atoms with van der Waals surface area (Å²) in [6.45, 7) is 12.2. The zero-order valence-electron chi connectivity index (χ0n) is 12.8. The van der Waals surface area contributed by atoms with Crippen molar-refractivity contribution < 1.29 is 9.53 Å². The Hall–Kier alpha value is -0.610. The Labute approximate surface area is 111 Å². The second-order valence-corrected chi connectivity index (χ2v) is 7.27. The lowest BCUT2D eigenvalue weighted by molar-refractivity contribution is -0.183. The third kappa shape index (κ3) is 2.41. The van der Waals surface area contributed by atoms with Crippen LogP contribution >= 0.6 is 0 Å². The van der Waals surface area contributed by atoms with E-state index in [1.165, 1.54) is 0 Å². The molecule has 18 heavy (non-hydrogen) atoms. The maximum atomic E-state index is 12.1. The Morgan fingerprint density at radius 3 is 2.22 bits per heavy atom. The predicted molar refractivity (Wildman–Crippen MR) is 73.2 cm³/mol. The molecule has 1 amide bonds. The van der Waals surface area contributed by atoms with Crippen molar-refractivity contribution in [1.82, 2.24) is 5.32 Å². The van der Waals surface area contributed by atoms with Crippen molar-refractivity contribution in [3.8, 4) is 0 Å². The summed E-state index contributed by atoms with van der Waals surface area (Å²) < 4.78 is 5.55. The smallest absolute Gasteiger partial charge is 0.237 e. The molecule has 1 rings (SSSR count). The van der Waals surface area contributed by atoms with Gasteiger partial charge in [-0.15, -0.1) is 0 Å². The molecule has 0 aromatic carbocycles. The zero-order valence-corrected chi connectivity index (χ0v) is 12.8. The van der Waals surface area contributed by atoms with Gasteiger partial charge in [0.15, 0.2) is 0 Å². The molecule has 0 aliphatic heterocycles. The Morgan fingerprint density at radius 2 is 1.89 bits per heavy atom. The van der Waals surface area contributed by atoms with E-state index in [-0.39, 0.29) is 28.4 Å². The molecule has 3 N–H and O–H groups in total. The van der Waals surface area contributed by atoms with Crippen LogP contribution in [0.15, 0.2) is 0 Å². The van der Waals surface area contributed by atoms with Crippen molar-refractivity contribution in [2.75, 3.05) is 7.11 Å². The Morgan fingerprint density at radius 1 is 1.39 bits per heavy atom. The van der Waals surface area contributed by atoms with Gasteiger partial charge in [-0.25, -0.2) is 0 Å². The number of methoxy groups -OCH3 is 1. The molecule has 1 aliphatic rings. The number of hydrogen-bond donors (Lipinski definition) is 2. The van der Waals surface area contributed by atoms with Gasteiger partial charge < -0.3 is 15.8 Å². The number of carbonyl (C=O) groups is 1. The first-order valence-electron chi connectivity index (χ1n) is 6.57. The van der Waals surface area contributed by atoms with Gasteiger partial charge in [-0.3, -0.25) is 4.79 Å². The van der Waals surface area contributed by atoms with E-state index >= 15 is 0 Å². The van der Waals surface area contributed by atoms with Crippen LogP contribution in [-0.4, -0.2) is 30.7 Å². The number of nitrogens with one attached hydrogen (secondary N) is 1. The van der Waals surface area contributed by atoms with Crippen LogP contribution in [0.2, 0.25) is 0 Å². The summed E-state index contributed by atoms with van der Waals surface area (Å²) in [5.41, 5.74) is 5.50. The van der Waals surface area contributed by atoms with E-state index in [4.69, 9.17) is 10.5 Å². The van der Waals surface area contributed by atoms with Crippen LogP contribution in [0.3, 0.4) is 0 Å². The predicted octanol–water partition coefficient (Wildman–Crippen LogP) is 1.68. The summed E-state index contributed by atoms with van der Waals surface area (Å²) in [4.78, 5) is 12.1. The minimum atomic E-state index is -0.484. The van der Waals surface area contributed by atoms with Crippen molar-refractivity contribution in [2.45, 2.75) is 65.6 Å². The fraction of sp³-hybridized carbons (Fsp3) is 0.929. The molecule has 0 aromatic heterocycles. The summed E-state index contributed by atoms with van der Waals surface area (Å²) in [5, 5.41) is 3.06. The average molecular weight is 256 g/mol. The first-order valence-corrected chi connectivity index (χ1v) is 6.57. The van der Waals surface area contributed by atoms with Crippen molar-refractivity contribution >= 4 is 5.91 Å². The van der Waals surface area contributed by atoms with Gasteiger partial charge in [-0.05, 0) is 18.8 Å². The lowest BCUT2D eigenvalue weighted by atomic mass is 9.55. The van der Waals surface area contributed by atoms with Crippen LogP contribution in [0.25, 0.3) is 0 Å². The molecule has 106 valence electrons. The quantitative estimate of drug-likeness (QED) is 0.807. The topological polar surface area (TPSA) is 64.3 Å². The Kier molecular flexibility index (Phi) is 3.86. The third-order valence-corrected chi connectivity index (χ3v) is 4.81. The fourth-order valence-electron chi connectivity index (χ4n) is 2.38. The van der Waals surface area contributed by atoms with Crippen LogP contribution in [0.4, 0.5) is 0 Å². The van der Waals surface area contributed by atoms with E-state index in [2.05, 4.69) is 26.1 Å². The van der Waals surface area contributed by atoms with Gasteiger partial charge in [0.1, 0.15) is 0 Å². The van der Waals surface area contributed by atoms with Crippen molar-refractivity contribution in [3.63, 3.8) is 0 Å². The van der Waals surface area contributed by atoms with Crippen molar-refractivity contribution in [3.05, 3.63) is 0 Å². The standard InChI is InChI=1S/C14H28N2O2/c1-12(2,3)10(15)11(17)16-9-8-14(6,18-7)13(9,4)5/h9-10H,8,15H2,1-7H3,(H,16,17)/t9?,10-,14?/m1/s1. The largest absolute Gasteiger partial charge is 0.378 e. The molecule has 1 aliphatic carbocycles. The Balaban J connectivity index is 2.65. The fourth-order valence-corrected chi connectivity index (χ4v) is 2.38. The van der Waals surface area contributed by atoms with E-state index in [0.29, 0.717) is 0 Å². The van der Waals surface area contributed by atoms with Gasteiger partial charge in [0.2, 0.25) is 5.91 Å². The maximum Gasteiger partial charge on any atom is 0.237 e. The number of hydrogen-bond acceptors (Lipinski definition) is 3. The van der Waals surface area contributed by atoms with E-state index in [9.17, 15) is 4.79 Å². The minimum absolute atomic E-state index is 0.0706. The number of amides is 1. The molecule has 1 saturated carbocycles. The molecule has 0 heterocycles. The lowest BCUT2D eigenvalue weighted by Crippen LogP contribution is -2.70. The van der Waals surface area contributed by atoms with E-state index in [0.717, 1.165) is 6.42 Å². The van der Waals surface area contributed by atoms with Gasteiger partial charge in [-0.2, -0.15) is 0 Å². The number of nitrogens with two attached hydrogens (primary N) is 1. The average Bonchev–Trinajstić information content (AvgIpc) is 2.25. The number of ether oxygens (including phenoxy) is 1. The van der Waals surface area contributed by atoms with Crippen LogP contribution in [0.5, 0.6) is 0 Å². The molecular formula is C14H28N2O2. The summed E-state index contributed by atoms with van der Waals surface area (Å²) in [5.74, 6) is -0.0706. The molecule has 2 unspecified atom stereocenters. The summed E-state index contributed by atoms with van der Waals surface area (Å²) in [7, 11) is 1.72. The molecular weight excluding hydrogens is 228 g/mol. The van der Waals surface area contributed by atoms with E-state index in [1.807, 2.05) is 20.8 Å². The first kappa shape index (κ1) is 15.4. The number of rotatable bonds is 3. The molecule has 0 saturated heterocycles. The molecule has 0 radical (unpaired) electrons. The van der Waals surface area contributed by atoms with Gasteiger partial charge in [0.05, 0.1) is 11.6 Å². The molecule has 4 heteroatoms. The summed E-state index contributed by atoms with van der Waals surface area (Å²) in [6.07, 6.45) is 0.832. The first-order chi connectivity index (χ1) is 7.95. The highest BCUT2D eigenvalue weighted by Crippen LogP contribution is 2.51. The van der Waals surface area contributed by atoms with Gasteiger partial charge in [-0.1, -0.05) is 34.6 Å². The van der Waals surface area contributed by atoms with Crippen molar-refractivity contribution in [1.29, 1.82) is 0 Å². The highest BCUT2D eigenvalue weighted by Gasteiger charge is 2.58. The third-order valence-electron chi connectivity index (χ3n) is 4.81. The molecule has 0 bridgehead atoms. The van der Waals surface area contributed by atoms with Crippen LogP contribution < -0.4 is 11.1 Å². The van der Waals surface area contributed by atoms with Gasteiger partial charge in [0, 0.05) is 18.6 Å². The maximum absolute atomic E-state index is 12.1. The molecule has 0 spiro atoms. The second-order valence-electron chi connectivity index (χ2n) is 7.27. The van der Waals surface area contributed by atoms with Gasteiger partial charge >= 0.3 is 0 Å². The number of carbonyl (C=O) groups excluding carboxylic acids is 1. The van der Waals surface area contributed by atoms with Crippen LogP contribution in [-0.2, 0) is 9.53 Å². The van der Waals surface area contributed by atoms with Crippen LogP contribution in [0.1, 0.15) is 48.0 Å². The molecule has 0 aromatic rings. The normalized spacial score (nSPS) is 32.6. The highest BCUT2D eigenvalue weighted by atomic mass is 16.5. The highest BCUT2D eigenvalue weighted by molar-refractivity contribution is 5.82. The zero-order chi connectivity index (χ0) is 14.4. The molecule has 4 nitrogen and oxygen atoms in total. The SMILES string of the molecule is COC1(C)CC(NC(=O)[C@@H](N)C(C)(C)C)C1(C)C. The summed E-state index contributed by atoms with van der Waals surface area (Å²) >= 11 is 0. The Bertz CT molecular complexity index is 333. The van der Waals surface area contributed by atoms with Crippen LogP contribution in [0, 0.1) is 10.8 Å². The van der Waals surface area contributed by atoms with E-state index < -0.39 is 6.04 Å². The monoisotopic (exact) mass is 256 g/mol.